The van der Waals surface area contributed by atoms with Gasteiger partial charge >= 0.3 is 0 Å². The first kappa shape index (κ1) is 22.3. The smallest absolute Gasteiger partial charge is 0.265 e. The van der Waals surface area contributed by atoms with Crippen molar-refractivity contribution >= 4 is 51.6 Å². The Kier molecular flexibility index (Phi) is 5.99. The SMILES string of the molecule is CC(=O)c1ccc(C(=O)Nc2ccc(Cc3ccc4[nH]c(O)c(/C=N/c5ccn[nH]5)c4c3)cc2)s1. The van der Waals surface area contributed by atoms with E-state index in [1.54, 1.807) is 30.6 Å². The lowest BCUT2D eigenvalue weighted by molar-refractivity contribution is 0.101. The van der Waals surface area contributed by atoms with E-state index in [0.717, 1.165) is 22.0 Å². The lowest BCUT2D eigenvalue weighted by Gasteiger charge is -2.06. The molecule has 0 aliphatic carbocycles. The highest BCUT2D eigenvalue weighted by atomic mass is 32.1. The highest BCUT2D eigenvalue weighted by molar-refractivity contribution is 7.16. The summed E-state index contributed by atoms with van der Waals surface area (Å²) in [6, 6.07) is 18.7. The van der Waals surface area contributed by atoms with Crippen molar-refractivity contribution in [3.63, 3.8) is 0 Å². The van der Waals surface area contributed by atoms with Gasteiger partial charge in [-0.25, -0.2) is 4.99 Å². The number of rotatable bonds is 7. The van der Waals surface area contributed by atoms with Crippen LogP contribution in [0.25, 0.3) is 10.9 Å². The first-order valence-corrected chi connectivity index (χ1v) is 11.7. The number of aromatic amines is 2. The van der Waals surface area contributed by atoms with Crippen LogP contribution in [0.5, 0.6) is 5.88 Å². The Hall–Kier alpha value is -4.50. The van der Waals surface area contributed by atoms with Crippen molar-refractivity contribution < 1.29 is 14.7 Å². The lowest BCUT2D eigenvalue weighted by atomic mass is 10.0. The van der Waals surface area contributed by atoms with E-state index in [2.05, 4.69) is 25.5 Å². The van der Waals surface area contributed by atoms with Crippen molar-refractivity contribution in [2.75, 3.05) is 5.32 Å². The van der Waals surface area contributed by atoms with Crippen LogP contribution in [0, 0.1) is 0 Å². The van der Waals surface area contributed by atoms with Gasteiger partial charge in [0.15, 0.2) is 11.7 Å². The van der Waals surface area contributed by atoms with E-state index in [1.807, 2.05) is 42.5 Å². The Labute approximate surface area is 204 Å². The van der Waals surface area contributed by atoms with Gasteiger partial charge in [0.1, 0.15) is 5.82 Å². The minimum Gasteiger partial charge on any atom is -0.494 e. The van der Waals surface area contributed by atoms with E-state index in [4.69, 9.17) is 0 Å². The largest absolute Gasteiger partial charge is 0.494 e. The van der Waals surface area contributed by atoms with Gasteiger partial charge in [0, 0.05) is 28.9 Å². The highest BCUT2D eigenvalue weighted by Crippen LogP contribution is 2.28. The molecule has 174 valence electrons. The van der Waals surface area contributed by atoms with Gasteiger partial charge in [0.25, 0.3) is 5.91 Å². The van der Waals surface area contributed by atoms with Gasteiger partial charge in [-0.3, -0.25) is 14.7 Å². The van der Waals surface area contributed by atoms with Crippen molar-refractivity contribution in [3.05, 3.63) is 93.3 Å². The Bertz CT molecular complexity index is 1550. The van der Waals surface area contributed by atoms with Crippen LogP contribution in [0.15, 0.2) is 71.9 Å². The summed E-state index contributed by atoms with van der Waals surface area (Å²) in [7, 11) is 0. The monoisotopic (exact) mass is 483 g/mol. The predicted octanol–water partition coefficient (Wildman–Crippen LogP) is 5.45. The summed E-state index contributed by atoms with van der Waals surface area (Å²) in [5.74, 6) is 0.364. The third-order valence-electron chi connectivity index (χ3n) is 5.50. The van der Waals surface area contributed by atoms with Crippen LogP contribution in [0.3, 0.4) is 0 Å². The van der Waals surface area contributed by atoms with Gasteiger partial charge in [-0.05, 0) is 60.9 Å². The van der Waals surface area contributed by atoms with E-state index in [1.165, 1.54) is 18.3 Å². The zero-order valence-corrected chi connectivity index (χ0v) is 19.5. The molecule has 0 radical (unpaired) electrons. The number of H-pyrrole nitrogens is 2. The molecule has 5 aromatic rings. The summed E-state index contributed by atoms with van der Waals surface area (Å²) < 4.78 is 0. The average Bonchev–Trinajstić information content (AvgIpc) is 3.59. The number of benzene rings is 2. The first-order valence-electron chi connectivity index (χ1n) is 10.8. The fraction of sp³-hybridized carbons (Fsp3) is 0.0769. The Morgan fingerprint density at radius 1 is 1.06 bits per heavy atom. The second kappa shape index (κ2) is 9.40. The second-order valence-corrected chi connectivity index (χ2v) is 9.10. The van der Waals surface area contributed by atoms with Crippen molar-refractivity contribution in [1.82, 2.24) is 15.2 Å². The molecule has 0 bridgehead atoms. The molecule has 0 aliphatic rings. The van der Waals surface area contributed by atoms with Crippen molar-refractivity contribution in [3.8, 4) is 5.88 Å². The number of Topliss-reactive ketones (excluding diaryl/α,β-unsaturated/α-hetero) is 1. The molecule has 5 rings (SSSR count). The van der Waals surface area contributed by atoms with Gasteiger partial charge in [-0.1, -0.05) is 18.2 Å². The summed E-state index contributed by atoms with van der Waals surface area (Å²) in [6.45, 7) is 1.48. The van der Waals surface area contributed by atoms with Gasteiger partial charge in [-0.15, -0.1) is 11.3 Å². The zero-order chi connectivity index (χ0) is 24.4. The fourth-order valence-corrected chi connectivity index (χ4v) is 4.52. The van der Waals surface area contributed by atoms with Crippen LogP contribution >= 0.6 is 11.3 Å². The molecule has 0 saturated heterocycles. The molecule has 0 unspecified atom stereocenters. The number of carbonyl (C=O) groups is 2. The molecule has 3 heterocycles. The second-order valence-electron chi connectivity index (χ2n) is 8.02. The number of carbonyl (C=O) groups excluding carboxylic acids is 2. The third-order valence-corrected chi connectivity index (χ3v) is 6.68. The third kappa shape index (κ3) is 4.90. The maximum Gasteiger partial charge on any atom is 0.265 e. The number of aliphatic imine (C=N–C) groups is 1. The quantitative estimate of drug-likeness (QED) is 0.181. The van der Waals surface area contributed by atoms with E-state index in [0.29, 0.717) is 33.2 Å². The summed E-state index contributed by atoms with van der Waals surface area (Å²) in [6.07, 6.45) is 3.90. The summed E-state index contributed by atoms with van der Waals surface area (Å²) in [5.41, 5.74) is 4.25. The Morgan fingerprint density at radius 3 is 2.54 bits per heavy atom. The number of nitrogens with zero attached hydrogens (tertiary/aromatic N) is 2. The van der Waals surface area contributed by atoms with Crippen LogP contribution in [0.4, 0.5) is 11.5 Å². The normalized spacial score (nSPS) is 11.3. The van der Waals surface area contributed by atoms with E-state index in [-0.39, 0.29) is 17.6 Å². The topological polar surface area (TPSA) is 123 Å². The number of fused-ring (bicyclic) bond motifs is 1. The molecular weight excluding hydrogens is 462 g/mol. The molecular formula is C26H21N5O3S. The maximum atomic E-state index is 12.5. The van der Waals surface area contributed by atoms with E-state index < -0.39 is 0 Å². The highest BCUT2D eigenvalue weighted by Gasteiger charge is 2.12. The van der Waals surface area contributed by atoms with Crippen LogP contribution in [-0.4, -0.2) is 38.2 Å². The number of aromatic nitrogens is 3. The predicted molar refractivity (Wildman–Crippen MR) is 137 cm³/mol. The zero-order valence-electron chi connectivity index (χ0n) is 18.7. The van der Waals surface area contributed by atoms with Crippen molar-refractivity contribution in [1.29, 1.82) is 0 Å². The molecule has 0 aliphatic heterocycles. The number of ketones is 1. The number of anilines is 1. The number of thiophene rings is 1. The molecule has 2 aromatic carbocycles. The molecule has 0 fully saturated rings. The summed E-state index contributed by atoms with van der Waals surface area (Å²) in [4.78, 5) is 32.3. The first-order chi connectivity index (χ1) is 17.0. The number of hydrogen-bond acceptors (Lipinski definition) is 6. The Balaban J connectivity index is 1.30. The molecule has 3 aromatic heterocycles. The molecule has 0 saturated carbocycles. The molecule has 35 heavy (non-hydrogen) atoms. The minimum absolute atomic E-state index is 0.0522. The molecule has 0 spiro atoms. The summed E-state index contributed by atoms with van der Waals surface area (Å²) >= 11 is 1.18. The van der Waals surface area contributed by atoms with E-state index in [9.17, 15) is 14.7 Å². The standard InChI is InChI=1S/C26H21N5O3S/c1-15(32)22-8-9-23(35-22)26(34)29-18-5-2-16(3-6-18)12-17-4-7-21-19(13-17)20(25(33)30-21)14-27-24-10-11-28-31-24/h2-11,13-14,30,33H,12H2,1H3,(H,28,31)(H,29,34)/b27-14+. The average molecular weight is 484 g/mol. The van der Waals surface area contributed by atoms with Crippen LogP contribution < -0.4 is 5.32 Å². The minimum atomic E-state index is -0.239. The van der Waals surface area contributed by atoms with Crippen LogP contribution in [-0.2, 0) is 6.42 Å². The summed E-state index contributed by atoms with van der Waals surface area (Å²) in [5, 5.41) is 20.7. The van der Waals surface area contributed by atoms with Crippen LogP contribution in [0.1, 0.15) is 43.0 Å². The number of nitrogens with one attached hydrogen (secondary N) is 3. The maximum absolute atomic E-state index is 12.5. The number of amides is 1. The molecule has 1 amide bonds. The number of hydrogen-bond donors (Lipinski definition) is 4. The number of aromatic hydroxyl groups is 1. The fourth-order valence-electron chi connectivity index (χ4n) is 3.72. The van der Waals surface area contributed by atoms with Crippen LogP contribution in [0.2, 0.25) is 0 Å². The molecule has 9 heteroatoms. The molecule has 4 N–H and O–H groups in total. The Morgan fingerprint density at radius 2 is 1.83 bits per heavy atom. The van der Waals surface area contributed by atoms with Crippen molar-refractivity contribution in [2.45, 2.75) is 13.3 Å². The van der Waals surface area contributed by atoms with E-state index >= 15 is 0 Å². The van der Waals surface area contributed by atoms with Gasteiger partial charge in [0.05, 0.1) is 21.5 Å². The van der Waals surface area contributed by atoms with Gasteiger partial charge in [0.2, 0.25) is 0 Å². The lowest BCUT2D eigenvalue weighted by Crippen LogP contribution is -2.10. The molecule has 0 atom stereocenters. The molecule has 8 nitrogen and oxygen atoms in total. The van der Waals surface area contributed by atoms with Gasteiger partial charge in [-0.2, -0.15) is 5.10 Å². The van der Waals surface area contributed by atoms with Crippen molar-refractivity contribution in [2.24, 2.45) is 4.99 Å². The van der Waals surface area contributed by atoms with Gasteiger partial charge < -0.3 is 15.4 Å².